The van der Waals surface area contributed by atoms with E-state index in [1.807, 2.05) is 0 Å². The first kappa shape index (κ1) is 15.7. The predicted molar refractivity (Wildman–Crippen MR) is 77.8 cm³/mol. The van der Waals surface area contributed by atoms with Gasteiger partial charge in [0.2, 0.25) is 0 Å². The molecule has 2 aliphatic rings. The zero-order valence-electron chi connectivity index (χ0n) is 10.9. The van der Waals surface area contributed by atoms with Gasteiger partial charge in [-0.15, -0.1) is 0 Å². The van der Waals surface area contributed by atoms with Gasteiger partial charge in [0.25, 0.3) is 0 Å². The molecule has 0 aromatic carbocycles. The van der Waals surface area contributed by atoms with Gasteiger partial charge in [-0.05, 0) is 0 Å². The van der Waals surface area contributed by atoms with E-state index in [9.17, 15) is 9.59 Å². The van der Waals surface area contributed by atoms with Crippen molar-refractivity contribution in [3.05, 3.63) is 0 Å². The molecule has 2 heterocycles. The minimum atomic E-state index is -2.85. The van der Waals surface area contributed by atoms with Gasteiger partial charge < -0.3 is 0 Å². The van der Waals surface area contributed by atoms with E-state index < -0.39 is 16.2 Å². The zero-order valence-corrected chi connectivity index (χ0v) is 15.4. The van der Waals surface area contributed by atoms with Crippen LogP contribution in [0.4, 0.5) is 0 Å². The van der Waals surface area contributed by atoms with Crippen LogP contribution < -0.4 is 7.08 Å². The molecule has 2 fully saturated rings. The SMILES string of the molecule is CCOC(=O)[C@@H]1C[S][Sn]2([NH]1)[NH][C@H](C(=O)OCC)C[S]2. The van der Waals surface area contributed by atoms with Crippen molar-refractivity contribution in [3.8, 4) is 0 Å². The van der Waals surface area contributed by atoms with E-state index in [0.717, 1.165) is 11.5 Å². The third kappa shape index (κ3) is 3.72. The van der Waals surface area contributed by atoms with Gasteiger partial charge in [-0.3, -0.25) is 0 Å². The molecule has 0 aromatic rings. The summed E-state index contributed by atoms with van der Waals surface area (Å²) in [5.41, 5.74) is 0. The molecule has 2 aliphatic heterocycles. The van der Waals surface area contributed by atoms with Crippen LogP contribution in [0, 0.1) is 0 Å². The molecule has 0 saturated carbocycles. The van der Waals surface area contributed by atoms with E-state index >= 15 is 0 Å². The second-order valence-electron chi connectivity index (χ2n) is 4.14. The first-order valence-electron chi connectivity index (χ1n) is 6.26. The molecule has 2 N–H and O–H groups in total. The summed E-state index contributed by atoms with van der Waals surface area (Å²) < 4.78 is 16.9. The molecule has 6 nitrogen and oxygen atoms in total. The molecule has 19 heavy (non-hydrogen) atoms. The molecular formula is C10H18N2O4S2Sn. The number of carbonyl (C=O) groups is 2. The Labute approximate surface area is 122 Å². The van der Waals surface area contributed by atoms with Gasteiger partial charge in [0.15, 0.2) is 0 Å². The summed E-state index contributed by atoms with van der Waals surface area (Å²) in [5.74, 6) is 1.07. The van der Waals surface area contributed by atoms with Gasteiger partial charge in [0.05, 0.1) is 0 Å². The summed E-state index contributed by atoms with van der Waals surface area (Å²) in [7, 11) is 3.59. The fourth-order valence-electron chi connectivity index (χ4n) is 1.93. The van der Waals surface area contributed by atoms with Crippen molar-refractivity contribution in [2.45, 2.75) is 25.9 Å². The summed E-state index contributed by atoms with van der Waals surface area (Å²) in [6.07, 6.45) is 0. The molecular weight excluding hydrogens is 395 g/mol. The Morgan fingerprint density at radius 3 is 1.84 bits per heavy atom. The molecule has 2 rings (SSSR count). The molecule has 1 spiro atoms. The van der Waals surface area contributed by atoms with Crippen LogP contribution in [0.5, 0.6) is 0 Å². The number of rotatable bonds is 4. The third-order valence-electron chi connectivity index (χ3n) is 2.78. The average molecular weight is 413 g/mol. The van der Waals surface area contributed by atoms with Crippen molar-refractivity contribution < 1.29 is 19.1 Å². The van der Waals surface area contributed by atoms with Crippen LogP contribution in [0.2, 0.25) is 0 Å². The third-order valence-corrected chi connectivity index (χ3v) is 26.5. The Morgan fingerprint density at radius 2 is 1.47 bits per heavy atom. The van der Waals surface area contributed by atoms with Crippen LogP contribution in [-0.2, 0) is 19.1 Å². The summed E-state index contributed by atoms with van der Waals surface area (Å²) in [4.78, 5) is 23.4. The van der Waals surface area contributed by atoms with Crippen LogP contribution in [0.3, 0.4) is 0 Å². The molecule has 2 saturated heterocycles. The maximum absolute atomic E-state index is 11.7. The van der Waals surface area contributed by atoms with Gasteiger partial charge in [-0.1, -0.05) is 0 Å². The van der Waals surface area contributed by atoms with Crippen molar-refractivity contribution in [1.29, 1.82) is 0 Å². The van der Waals surface area contributed by atoms with E-state index in [2.05, 4.69) is 7.08 Å². The van der Waals surface area contributed by atoms with Crippen molar-refractivity contribution in [2.24, 2.45) is 0 Å². The van der Waals surface area contributed by atoms with Crippen molar-refractivity contribution in [3.63, 3.8) is 0 Å². The standard InChI is InChI=1S/2C5H10NO2S.Sn/c2*1-2-8-5(7)4(6)3-9;/h2*4,6,9H,2-3H2,1H3;/q2*-1;+4/p-2/t2*4-;/m00./s1. The first-order chi connectivity index (χ1) is 9.10. The van der Waals surface area contributed by atoms with Crippen molar-refractivity contribution in [1.82, 2.24) is 7.08 Å². The average Bonchev–Trinajstić information content (AvgIpc) is 2.98. The van der Waals surface area contributed by atoms with Crippen molar-refractivity contribution >= 4 is 46.0 Å². The Morgan fingerprint density at radius 1 is 1.05 bits per heavy atom. The number of esters is 2. The van der Waals surface area contributed by atoms with Crippen molar-refractivity contribution in [2.75, 3.05) is 24.7 Å². The molecule has 108 valence electrons. The predicted octanol–water partition coefficient (Wildman–Crippen LogP) is -0.0418. The van der Waals surface area contributed by atoms with E-state index in [1.54, 1.807) is 31.7 Å². The number of hydrogen-bond acceptors (Lipinski definition) is 8. The number of hydrogen-bond donors (Lipinski definition) is 2. The molecule has 0 aliphatic carbocycles. The van der Waals surface area contributed by atoms with Crippen LogP contribution >= 0.6 is 17.9 Å². The van der Waals surface area contributed by atoms with Gasteiger partial charge in [-0.2, -0.15) is 0 Å². The van der Waals surface area contributed by atoms with E-state index in [4.69, 9.17) is 9.47 Å². The van der Waals surface area contributed by atoms with Gasteiger partial charge in [0.1, 0.15) is 0 Å². The van der Waals surface area contributed by atoms with Crippen LogP contribution in [0.1, 0.15) is 13.8 Å². The zero-order chi connectivity index (χ0) is 13.9. The van der Waals surface area contributed by atoms with Gasteiger partial charge in [-0.25, -0.2) is 0 Å². The summed E-state index contributed by atoms with van der Waals surface area (Å²) in [6, 6.07) is -0.469. The molecule has 0 aromatic heterocycles. The molecule has 2 atom stereocenters. The van der Waals surface area contributed by atoms with Gasteiger partial charge in [0, 0.05) is 0 Å². The molecule has 0 unspecified atom stereocenters. The van der Waals surface area contributed by atoms with E-state index in [1.165, 1.54) is 0 Å². The Kier molecular flexibility index (Phi) is 5.70. The van der Waals surface area contributed by atoms with E-state index in [0.29, 0.717) is 13.2 Å². The van der Waals surface area contributed by atoms with Gasteiger partial charge >= 0.3 is 123 Å². The topological polar surface area (TPSA) is 76.7 Å². The van der Waals surface area contributed by atoms with Crippen LogP contribution in [0.15, 0.2) is 0 Å². The maximum atomic E-state index is 11.7. The molecule has 0 amide bonds. The number of carbonyl (C=O) groups excluding carboxylic acids is 2. The first-order valence-corrected chi connectivity index (χ1v) is 18.1. The minimum absolute atomic E-state index is 0.189. The monoisotopic (exact) mass is 414 g/mol. The quantitative estimate of drug-likeness (QED) is 0.492. The Hall–Kier alpha value is 0.359. The van der Waals surface area contributed by atoms with Crippen LogP contribution in [-0.4, -0.2) is 64.9 Å². The van der Waals surface area contributed by atoms with Crippen LogP contribution in [0.25, 0.3) is 0 Å². The number of ether oxygens (including phenoxy) is 2. The second kappa shape index (κ2) is 6.88. The molecule has 0 bridgehead atoms. The normalized spacial score (nSPS) is 28.5. The van der Waals surface area contributed by atoms with E-state index in [-0.39, 0.29) is 24.0 Å². The number of nitrogens with one attached hydrogen (secondary N) is 2. The summed E-state index contributed by atoms with van der Waals surface area (Å²) in [5, 5.41) is 0. The molecule has 0 radical (unpaired) electrons. The Bertz CT molecular complexity index is 337. The molecule has 9 heteroatoms. The summed E-state index contributed by atoms with van der Waals surface area (Å²) in [6.45, 7) is 4.41. The second-order valence-corrected chi connectivity index (χ2v) is 25.4. The summed E-state index contributed by atoms with van der Waals surface area (Å²) >= 11 is -2.85. The fraction of sp³-hybridized carbons (Fsp3) is 0.800. The Balaban J connectivity index is 1.89. The fourth-order valence-corrected chi connectivity index (χ4v) is 27.2.